The Hall–Kier alpha value is -1.89. The fourth-order valence-corrected chi connectivity index (χ4v) is 2.43. The standard InChI is InChI=1S/C19H22O/c1-15(2)13-14-18(20)19(16-9-5-3-6-10-16)17-11-7-4-8-12-17/h3-12,15,19H,13-14H2,1-2H3. The fourth-order valence-electron chi connectivity index (χ4n) is 2.43. The van der Waals surface area contributed by atoms with Crippen LogP contribution in [0.1, 0.15) is 43.7 Å². The average Bonchev–Trinajstić information content (AvgIpc) is 2.48. The van der Waals surface area contributed by atoms with Crippen molar-refractivity contribution in [2.75, 3.05) is 0 Å². The average molecular weight is 266 g/mol. The summed E-state index contributed by atoms with van der Waals surface area (Å²) in [4.78, 5) is 12.6. The van der Waals surface area contributed by atoms with Crippen LogP contribution in [0.2, 0.25) is 0 Å². The molecule has 0 atom stereocenters. The van der Waals surface area contributed by atoms with E-state index in [2.05, 4.69) is 13.8 Å². The van der Waals surface area contributed by atoms with E-state index < -0.39 is 0 Å². The number of benzene rings is 2. The van der Waals surface area contributed by atoms with Crippen LogP contribution in [-0.2, 0) is 4.79 Å². The van der Waals surface area contributed by atoms with E-state index in [1.54, 1.807) is 0 Å². The minimum absolute atomic E-state index is 0.129. The van der Waals surface area contributed by atoms with Crippen LogP contribution in [0.3, 0.4) is 0 Å². The van der Waals surface area contributed by atoms with E-state index in [4.69, 9.17) is 0 Å². The summed E-state index contributed by atoms with van der Waals surface area (Å²) in [5.74, 6) is 0.749. The molecule has 0 spiro atoms. The third kappa shape index (κ3) is 3.80. The Labute approximate surface area is 121 Å². The van der Waals surface area contributed by atoms with Crippen LogP contribution in [0.15, 0.2) is 60.7 Å². The maximum absolute atomic E-state index is 12.6. The highest BCUT2D eigenvalue weighted by Crippen LogP contribution is 2.27. The summed E-state index contributed by atoms with van der Waals surface area (Å²) < 4.78 is 0. The minimum atomic E-state index is -0.129. The van der Waals surface area contributed by atoms with Crippen molar-refractivity contribution in [2.45, 2.75) is 32.6 Å². The van der Waals surface area contributed by atoms with E-state index in [0.717, 1.165) is 17.5 Å². The lowest BCUT2D eigenvalue weighted by Gasteiger charge is -2.17. The lowest BCUT2D eigenvalue weighted by molar-refractivity contribution is -0.119. The van der Waals surface area contributed by atoms with Gasteiger partial charge in [-0.1, -0.05) is 74.5 Å². The van der Waals surface area contributed by atoms with Crippen LogP contribution in [0, 0.1) is 5.92 Å². The van der Waals surface area contributed by atoms with Gasteiger partial charge in [-0.3, -0.25) is 4.79 Å². The van der Waals surface area contributed by atoms with Crippen molar-refractivity contribution in [3.63, 3.8) is 0 Å². The smallest absolute Gasteiger partial charge is 0.144 e. The van der Waals surface area contributed by atoms with Gasteiger partial charge in [-0.05, 0) is 23.5 Å². The minimum Gasteiger partial charge on any atom is -0.299 e. The fraction of sp³-hybridized carbons (Fsp3) is 0.316. The highest BCUT2D eigenvalue weighted by atomic mass is 16.1. The quantitative estimate of drug-likeness (QED) is 0.732. The zero-order valence-corrected chi connectivity index (χ0v) is 12.3. The molecule has 0 aliphatic carbocycles. The molecule has 0 amide bonds. The molecule has 0 saturated carbocycles. The molecule has 0 aliphatic rings. The summed E-state index contributed by atoms with van der Waals surface area (Å²) in [7, 11) is 0. The Kier molecular flexibility index (Phi) is 5.11. The van der Waals surface area contributed by atoms with Gasteiger partial charge in [0.25, 0.3) is 0 Å². The maximum atomic E-state index is 12.6. The van der Waals surface area contributed by atoms with E-state index in [0.29, 0.717) is 18.1 Å². The Morgan fingerprint density at radius 2 is 1.30 bits per heavy atom. The van der Waals surface area contributed by atoms with Gasteiger partial charge in [-0.2, -0.15) is 0 Å². The summed E-state index contributed by atoms with van der Waals surface area (Å²) in [5, 5.41) is 0. The molecule has 0 N–H and O–H groups in total. The lowest BCUT2D eigenvalue weighted by Crippen LogP contribution is -2.14. The number of carbonyl (C=O) groups excluding carboxylic acids is 1. The molecule has 1 nitrogen and oxygen atoms in total. The number of rotatable bonds is 6. The van der Waals surface area contributed by atoms with Crippen molar-refractivity contribution in [1.82, 2.24) is 0 Å². The molecule has 2 aromatic carbocycles. The van der Waals surface area contributed by atoms with E-state index in [-0.39, 0.29) is 5.92 Å². The second-order valence-corrected chi connectivity index (χ2v) is 5.65. The van der Waals surface area contributed by atoms with Gasteiger partial charge in [0, 0.05) is 6.42 Å². The van der Waals surface area contributed by atoms with E-state index in [9.17, 15) is 4.79 Å². The van der Waals surface area contributed by atoms with Gasteiger partial charge in [-0.15, -0.1) is 0 Å². The van der Waals surface area contributed by atoms with Crippen molar-refractivity contribution in [3.05, 3.63) is 71.8 Å². The third-order valence-electron chi connectivity index (χ3n) is 3.56. The Bertz CT molecular complexity index is 489. The predicted molar refractivity (Wildman–Crippen MR) is 83.8 cm³/mol. The van der Waals surface area contributed by atoms with Crippen LogP contribution in [0.25, 0.3) is 0 Å². The number of ketones is 1. The second kappa shape index (κ2) is 7.04. The van der Waals surface area contributed by atoms with Gasteiger partial charge in [0.2, 0.25) is 0 Å². The molecule has 0 unspecified atom stereocenters. The van der Waals surface area contributed by atoms with Crippen molar-refractivity contribution in [3.8, 4) is 0 Å². The number of Topliss-reactive ketones (excluding diaryl/α,β-unsaturated/α-hetero) is 1. The van der Waals surface area contributed by atoms with E-state index in [1.807, 2.05) is 60.7 Å². The first-order valence-corrected chi connectivity index (χ1v) is 7.31. The predicted octanol–water partition coefficient (Wildman–Crippen LogP) is 4.82. The largest absolute Gasteiger partial charge is 0.299 e. The topological polar surface area (TPSA) is 17.1 Å². The van der Waals surface area contributed by atoms with Crippen molar-refractivity contribution >= 4 is 5.78 Å². The molecule has 0 fully saturated rings. The van der Waals surface area contributed by atoms with Crippen LogP contribution >= 0.6 is 0 Å². The number of hydrogen-bond acceptors (Lipinski definition) is 1. The van der Waals surface area contributed by atoms with Crippen LogP contribution in [-0.4, -0.2) is 5.78 Å². The first kappa shape index (κ1) is 14.5. The highest BCUT2D eigenvalue weighted by Gasteiger charge is 2.21. The Morgan fingerprint density at radius 1 is 0.850 bits per heavy atom. The summed E-state index contributed by atoms with van der Waals surface area (Å²) in [5.41, 5.74) is 2.18. The first-order valence-electron chi connectivity index (χ1n) is 7.31. The zero-order chi connectivity index (χ0) is 14.4. The highest BCUT2D eigenvalue weighted by molar-refractivity contribution is 5.89. The molecule has 104 valence electrons. The number of hydrogen-bond donors (Lipinski definition) is 0. The van der Waals surface area contributed by atoms with Crippen LogP contribution in [0.4, 0.5) is 0 Å². The molecule has 0 heterocycles. The molecule has 0 aromatic heterocycles. The van der Waals surface area contributed by atoms with Crippen molar-refractivity contribution in [1.29, 1.82) is 0 Å². The van der Waals surface area contributed by atoms with Crippen molar-refractivity contribution in [2.24, 2.45) is 5.92 Å². The number of carbonyl (C=O) groups is 1. The Balaban J connectivity index is 2.28. The van der Waals surface area contributed by atoms with Gasteiger partial charge >= 0.3 is 0 Å². The second-order valence-electron chi connectivity index (χ2n) is 5.65. The maximum Gasteiger partial charge on any atom is 0.144 e. The molecular weight excluding hydrogens is 244 g/mol. The lowest BCUT2D eigenvalue weighted by atomic mass is 9.85. The molecule has 0 radical (unpaired) electrons. The molecule has 20 heavy (non-hydrogen) atoms. The summed E-state index contributed by atoms with van der Waals surface area (Å²) in [6.07, 6.45) is 1.60. The Morgan fingerprint density at radius 3 is 1.70 bits per heavy atom. The van der Waals surface area contributed by atoms with E-state index >= 15 is 0 Å². The zero-order valence-electron chi connectivity index (χ0n) is 12.3. The van der Waals surface area contributed by atoms with Gasteiger partial charge in [-0.25, -0.2) is 0 Å². The van der Waals surface area contributed by atoms with Crippen molar-refractivity contribution < 1.29 is 4.79 Å². The van der Waals surface area contributed by atoms with Gasteiger partial charge in [0.1, 0.15) is 5.78 Å². The SMILES string of the molecule is CC(C)CCC(=O)C(c1ccccc1)c1ccccc1. The van der Waals surface area contributed by atoms with Crippen LogP contribution in [0.5, 0.6) is 0 Å². The normalized spacial score (nSPS) is 11.0. The van der Waals surface area contributed by atoms with Gasteiger partial charge < -0.3 is 0 Å². The monoisotopic (exact) mass is 266 g/mol. The first-order chi connectivity index (χ1) is 9.68. The third-order valence-corrected chi connectivity index (χ3v) is 3.56. The molecule has 0 bridgehead atoms. The molecule has 0 saturated heterocycles. The molecule has 0 aliphatic heterocycles. The summed E-state index contributed by atoms with van der Waals surface area (Å²) >= 11 is 0. The van der Waals surface area contributed by atoms with Gasteiger partial charge in [0.15, 0.2) is 0 Å². The molecule has 2 rings (SSSR count). The van der Waals surface area contributed by atoms with Crippen LogP contribution < -0.4 is 0 Å². The molecular formula is C19H22O. The molecule has 1 heteroatoms. The summed E-state index contributed by atoms with van der Waals surface area (Å²) in [6, 6.07) is 20.2. The van der Waals surface area contributed by atoms with E-state index in [1.165, 1.54) is 0 Å². The molecule has 2 aromatic rings. The van der Waals surface area contributed by atoms with Gasteiger partial charge in [0.05, 0.1) is 5.92 Å². The summed E-state index contributed by atoms with van der Waals surface area (Å²) in [6.45, 7) is 4.32.